The van der Waals surface area contributed by atoms with E-state index in [1.807, 2.05) is 40.8 Å². The Hall–Kier alpha value is -2.22. The van der Waals surface area contributed by atoms with Crippen molar-refractivity contribution in [2.45, 2.75) is 30.8 Å². The minimum Gasteiger partial charge on any atom is -0.355 e. The van der Waals surface area contributed by atoms with Crippen molar-refractivity contribution in [2.75, 3.05) is 12.3 Å². The third kappa shape index (κ3) is 4.43. The molecule has 0 spiro atoms. The first-order valence-corrected chi connectivity index (χ1v) is 11.5. The summed E-state index contributed by atoms with van der Waals surface area (Å²) < 4.78 is 1.93. The van der Waals surface area contributed by atoms with Crippen LogP contribution in [0.5, 0.6) is 0 Å². The molecule has 156 valence electrons. The Kier molecular flexibility index (Phi) is 6.51. The summed E-state index contributed by atoms with van der Waals surface area (Å²) in [6.45, 7) is 2.64. The molecule has 1 amide bonds. The minimum absolute atomic E-state index is 0.0493. The van der Waals surface area contributed by atoms with Crippen molar-refractivity contribution in [3.8, 4) is 0 Å². The smallest absolute Gasteiger partial charge is 0.231 e. The van der Waals surface area contributed by atoms with Crippen LogP contribution in [0.1, 0.15) is 31.2 Å². The lowest BCUT2D eigenvalue weighted by Gasteiger charge is -2.19. The first-order chi connectivity index (χ1) is 14.6. The van der Waals surface area contributed by atoms with Crippen LogP contribution in [-0.2, 0) is 4.79 Å². The van der Waals surface area contributed by atoms with Crippen LogP contribution in [0.4, 0.5) is 0 Å². The fourth-order valence-corrected chi connectivity index (χ4v) is 4.86. The lowest BCUT2D eigenvalue weighted by molar-refractivity contribution is -0.118. The van der Waals surface area contributed by atoms with Crippen LogP contribution in [0.15, 0.2) is 47.6 Å². The number of aromatic amines is 1. The van der Waals surface area contributed by atoms with Gasteiger partial charge in [0.15, 0.2) is 5.16 Å². The molecule has 0 fully saturated rings. The standard InChI is InChI=1S/C21H21Cl2N5OS/c1-2-5-13(15-9-8-14(22)10-16(15)23)11-24-19(29)12-30-21-27-26-20-25-17-6-3-4-7-18(17)28(20)21/h3-4,6-10,13H,2,5,11-12H2,1H3,(H,24,29)(H,25,26)/t13-/m0/s1. The van der Waals surface area contributed by atoms with Crippen molar-refractivity contribution in [3.63, 3.8) is 0 Å². The number of amides is 1. The molecule has 0 aliphatic rings. The second-order valence-corrected chi connectivity index (χ2v) is 8.80. The number of para-hydroxylation sites is 2. The summed E-state index contributed by atoms with van der Waals surface area (Å²) >= 11 is 13.8. The largest absolute Gasteiger partial charge is 0.355 e. The van der Waals surface area contributed by atoms with Gasteiger partial charge < -0.3 is 5.32 Å². The van der Waals surface area contributed by atoms with E-state index in [-0.39, 0.29) is 17.6 Å². The maximum atomic E-state index is 12.5. The third-order valence-corrected chi connectivity index (χ3v) is 6.42. The Balaban J connectivity index is 1.40. The van der Waals surface area contributed by atoms with Gasteiger partial charge >= 0.3 is 0 Å². The molecule has 1 atom stereocenters. The van der Waals surface area contributed by atoms with E-state index in [1.165, 1.54) is 11.8 Å². The van der Waals surface area contributed by atoms with E-state index >= 15 is 0 Å². The number of benzene rings is 2. The topological polar surface area (TPSA) is 75.1 Å². The first-order valence-electron chi connectivity index (χ1n) is 9.72. The fourth-order valence-electron chi connectivity index (χ4n) is 3.51. The highest BCUT2D eigenvalue weighted by molar-refractivity contribution is 7.99. The van der Waals surface area contributed by atoms with E-state index in [9.17, 15) is 4.79 Å². The molecule has 6 nitrogen and oxygen atoms in total. The maximum absolute atomic E-state index is 12.5. The van der Waals surface area contributed by atoms with E-state index < -0.39 is 0 Å². The average molecular weight is 462 g/mol. The summed E-state index contributed by atoms with van der Waals surface area (Å²) in [6.07, 6.45) is 1.92. The zero-order valence-electron chi connectivity index (χ0n) is 16.4. The van der Waals surface area contributed by atoms with Gasteiger partial charge in [0.2, 0.25) is 11.7 Å². The van der Waals surface area contributed by atoms with Crippen molar-refractivity contribution in [2.24, 2.45) is 0 Å². The average Bonchev–Trinajstić information content (AvgIpc) is 3.29. The zero-order valence-corrected chi connectivity index (χ0v) is 18.7. The molecule has 9 heteroatoms. The van der Waals surface area contributed by atoms with Crippen LogP contribution < -0.4 is 5.32 Å². The molecular formula is C21H21Cl2N5OS. The monoisotopic (exact) mass is 461 g/mol. The summed E-state index contributed by atoms with van der Waals surface area (Å²) in [4.78, 5) is 17.0. The maximum Gasteiger partial charge on any atom is 0.231 e. The highest BCUT2D eigenvalue weighted by Gasteiger charge is 2.17. The molecule has 0 radical (unpaired) electrons. The normalized spacial score (nSPS) is 12.5. The Morgan fingerprint density at radius 3 is 2.90 bits per heavy atom. The third-order valence-electron chi connectivity index (χ3n) is 4.92. The van der Waals surface area contributed by atoms with Crippen LogP contribution >= 0.6 is 35.0 Å². The van der Waals surface area contributed by atoms with Gasteiger partial charge in [0, 0.05) is 22.5 Å². The van der Waals surface area contributed by atoms with E-state index in [4.69, 9.17) is 23.2 Å². The Bertz CT molecular complexity index is 1190. The van der Waals surface area contributed by atoms with Crippen molar-refractivity contribution < 1.29 is 4.79 Å². The van der Waals surface area contributed by atoms with Crippen molar-refractivity contribution in [1.29, 1.82) is 0 Å². The number of H-pyrrole nitrogens is 1. The molecule has 0 unspecified atom stereocenters. The molecule has 0 aliphatic carbocycles. The van der Waals surface area contributed by atoms with Crippen LogP contribution in [0.3, 0.4) is 0 Å². The second kappa shape index (κ2) is 9.29. The number of thioether (sulfide) groups is 1. The van der Waals surface area contributed by atoms with Crippen LogP contribution in [0.25, 0.3) is 16.8 Å². The number of imidazole rings is 1. The molecule has 0 aliphatic heterocycles. The highest BCUT2D eigenvalue weighted by Crippen LogP contribution is 2.30. The quantitative estimate of drug-likeness (QED) is 0.348. The lowest BCUT2D eigenvalue weighted by Crippen LogP contribution is -2.30. The SMILES string of the molecule is CCC[C@@H](CNC(=O)CSc1n[nH]c2nc3ccccc3n12)c1ccc(Cl)cc1Cl. The zero-order chi connectivity index (χ0) is 21.1. The van der Waals surface area contributed by atoms with Gasteiger partial charge in [-0.25, -0.2) is 10.1 Å². The van der Waals surface area contributed by atoms with Gasteiger partial charge in [0.25, 0.3) is 0 Å². The van der Waals surface area contributed by atoms with Gasteiger partial charge in [-0.15, -0.1) is 5.10 Å². The predicted octanol–water partition coefficient (Wildman–Crippen LogP) is 5.31. The van der Waals surface area contributed by atoms with Crippen LogP contribution in [0.2, 0.25) is 10.0 Å². The summed E-state index contributed by atoms with van der Waals surface area (Å²) in [7, 11) is 0. The van der Waals surface area contributed by atoms with Gasteiger partial charge in [0.1, 0.15) is 0 Å². The Morgan fingerprint density at radius 1 is 1.27 bits per heavy atom. The van der Waals surface area contributed by atoms with Gasteiger partial charge in [-0.2, -0.15) is 0 Å². The molecule has 0 saturated carbocycles. The van der Waals surface area contributed by atoms with Crippen LogP contribution in [-0.4, -0.2) is 37.8 Å². The lowest BCUT2D eigenvalue weighted by atomic mass is 9.94. The summed E-state index contributed by atoms with van der Waals surface area (Å²) in [5, 5.41) is 12.2. The Labute approximate surface area is 188 Å². The molecule has 30 heavy (non-hydrogen) atoms. The van der Waals surface area contributed by atoms with E-state index in [1.54, 1.807) is 6.07 Å². The molecule has 2 aromatic carbocycles. The number of nitrogens with one attached hydrogen (secondary N) is 2. The molecule has 4 aromatic rings. The van der Waals surface area contributed by atoms with E-state index in [0.717, 1.165) is 29.4 Å². The van der Waals surface area contributed by atoms with Crippen LogP contribution in [0, 0.1) is 0 Å². The number of halogens is 2. The van der Waals surface area contributed by atoms with Gasteiger partial charge in [-0.3, -0.25) is 9.20 Å². The first kappa shape index (κ1) is 21.0. The minimum atomic E-state index is -0.0493. The summed E-state index contributed by atoms with van der Waals surface area (Å²) in [5.41, 5.74) is 2.86. The molecular weight excluding hydrogens is 441 g/mol. The number of hydrogen-bond donors (Lipinski definition) is 2. The van der Waals surface area contributed by atoms with E-state index in [0.29, 0.717) is 27.5 Å². The number of fused-ring (bicyclic) bond motifs is 3. The van der Waals surface area contributed by atoms with E-state index in [2.05, 4.69) is 27.4 Å². The van der Waals surface area contributed by atoms with Gasteiger partial charge in [-0.05, 0) is 36.2 Å². The number of aromatic nitrogens is 4. The predicted molar refractivity (Wildman–Crippen MR) is 123 cm³/mol. The fraction of sp³-hybridized carbons (Fsp3) is 0.286. The Morgan fingerprint density at radius 2 is 2.10 bits per heavy atom. The number of nitrogens with zero attached hydrogens (tertiary/aromatic N) is 3. The highest BCUT2D eigenvalue weighted by atomic mass is 35.5. The molecule has 0 bridgehead atoms. The van der Waals surface area contributed by atoms with Gasteiger partial charge in [-0.1, -0.05) is 66.5 Å². The molecule has 2 heterocycles. The summed E-state index contributed by atoms with van der Waals surface area (Å²) in [5.74, 6) is 1.02. The summed E-state index contributed by atoms with van der Waals surface area (Å²) in [6, 6.07) is 13.4. The number of hydrogen-bond acceptors (Lipinski definition) is 4. The van der Waals surface area contributed by atoms with Gasteiger partial charge in [0.05, 0.1) is 16.8 Å². The second-order valence-electron chi connectivity index (χ2n) is 7.01. The number of carbonyl (C=O) groups excluding carboxylic acids is 1. The van der Waals surface area contributed by atoms with Crippen molar-refractivity contribution >= 4 is 57.7 Å². The molecule has 0 saturated heterocycles. The van der Waals surface area contributed by atoms with Crippen molar-refractivity contribution in [3.05, 3.63) is 58.1 Å². The molecule has 4 rings (SSSR count). The number of carbonyl (C=O) groups is 1. The number of rotatable bonds is 8. The molecule has 2 N–H and O–H groups in total. The molecule has 2 aromatic heterocycles. The van der Waals surface area contributed by atoms with Crippen molar-refractivity contribution in [1.82, 2.24) is 24.9 Å².